The van der Waals surface area contributed by atoms with E-state index in [-0.39, 0.29) is 5.60 Å². The van der Waals surface area contributed by atoms with Crippen molar-refractivity contribution in [2.75, 3.05) is 46.6 Å². The van der Waals surface area contributed by atoms with Gasteiger partial charge in [0.05, 0.1) is 48.4 Å². The molecule has 1 aromatic rings. The van der Waals surface area contributed by atoms with E-state index in [0.717, 1.165) is 26.1 Å². The van der Waals surface area contributed by atoms with E-state index in [2.05, 4.69) is 53.4 Å². The monoisotopic (exact) mass is 545 g/mol. The van der Waals surface area contributed by atoms with E-state index in [1.54, 1.807) is 0 Å². The van der Waals surface area contributed by atoms with Crippen LogP contribution in [0.2, 0.25) is 0 Å². The predicted octanol–water partition coefficient (Wildman–Crippen LogP) is 4.18. The van der Waals surface area contributed by atoms with Gasteiger partial charge in [0.25, 0.3) is 0 Å². The van der Waals surface area contributed by atoms with Crippen LogP contribution in [0.15, 0.2) is 6.20 Å². The van der Waals surface area contributed by atoms with Gasteiger partial charge in [-0.1, -0.05) is 13.8 Å². The van der Waals surface area contributed by atoms with Crippen molar-refractivity contribution in [1.82, 2.24) is 15.1 Å². The molecule has 0 saturated heterocycles. The molecule has 2 unspecified atom stereocenters. The summed E-state index contributed by atoms with van der Waals surface area (Å²) >= 11 is 2.40. The fourth-order valence-corrected chi connectivity index (χ4v) is 8.27. The number of ether oxygens (including phenoxy) is 3. The van der Waals surface area contributed by atoms with Gasteiger partial charge in [0.15, 0.2) is 0 Å². The number of nitrogens with zero attached hydrogens (tertiary/aromatic N) is 2. The number of likely N-dealkylation sites (N-methyl/N-ethyl adjacent to an activating group) is 1. The summed E-state index contributed by atoms with van der Waals surface area (Å²) in [7, 11) is 1.93. The van der Waals surface area contributed by atoms with Gasteiger partial charge in [0.1, 0.15) is 0 Å². The smallest absolute Gasteiger partial charge is 0.0708 e. The molecule has 0 spiro atoms. The number of hydrogen-bond acceptors (Lipinski definition) is 5. The summed E-state index contributed by atoms with van der Waals surface area (Å²) in [5.41, 5.74) is 2.34. The summed E-state index contributed by atoms with van der Waals surface area (Å²) in [5, 5.41) is 7.79. The molecule has 4 bridgehead atoms. The van der Waals surface area contributed by atoms with Gasteiger partial charge in [0, 0.05) is 18.8 Å². The number of aromatic nitrogens is 2. The first kappa shape index (κ1) is 23.9. The Bertz CT molecular complexity index is 749. The van der Waals surface area contributed by atoms with Crippen LogP contribution in [-0.2, 0) is 20.8 Å². The Labute approximate surface area is 201 Å². The van der Waals surface area contributed by atoms with Gasteiger partial charge in [-0.15, -0.1) is 0 Å². The zero-order chi connectivity index (χ0) is 22.2. The van der Waals surface area contributed by atoms with E-state index < -0.39 is 0 Å². The molecule has 0 aromatic carbocycles. The lowest BCUT2D eigenvalue weighted by Crippen LogP contribution is -2.64. The van der Waals surface area contributed by atoms with E-state index in [9.17, 15) is 0 Å². The summed E-state index contributed by atoms with van der Waals surface area (Å²) in [6.45, 7) is 12.5. The first-order chi connectivity index (χ1) is 14.7. The van der Waals surface area contributed by atoms with Crippen molar-refractivity contribution in [2.24, 2.45) is 16.2 Å². The van der Waals surface area contributed by atoms with Crippen LogP contribution in [0.4, 0.5) is 0 Å². The van der Waals surface area contributed by atoms with Gasteiger partial charge in [-0.05, 0) is 91.3 Å². The fraction of sp³-hybridized carbons (Fsp3) is 0.875. The highest BCUT2D eigenvalue weighted by Crippen LogP contribution is 2.72. The second kappa shape index (κ2) is 9.20. The third-order valence-electron chi connectivity index (χ3n) is 7.68. The highest BCUT2D eigenvalue weighted by molar-refractivity contribution is 14.1. The molecule has 1 N–H and O–H groups in total. The van der Waals surface area contributed by atoms with Crippen LogP contribution in [0.1, 0.15) is 58.1 Å². The zero-order valence-electron chi connectivity index (χ0n) is 19.8. The van der Waals surface area contributed by atoms with Crippen LogP contribution < -0.4 is 5.32 Å². The molecular formula is C24H40IN3O3. The van der Waals surface area contributed by atoms with Crippen molar-refractivity contribution in [1.29, 1.82) is 0 Å². The maximum absolute atomic E-state index is 6.71. The molecule has 4 fully saturated rings. The Morgan fingerprint density at radius 3 is 2.23 bits per heavy atom. The van der Waals surface area contributed by atoms with Gasteiger partial charge in [0.2, 0.25) is 0 Å². The van der Waals surface area contributed by atoms with Crippen LogP contribution in [0.25, 0.3) is 0 Å². The molecule has 0 aliphatic heterocycles. The lowest BCUT2D eigenvalue weighted by Gasteiger charge is -2.69. The maximum atomic E-state index is 6.71. The van der Waals surface area contributed by atoms with Crippen LogP contribution in [0.3, 0.4) is 0 Å². The standard InChI is InChI=1S/C24H40IN3O3/c1-19-20(25)11-27-28(19)18-23-13-21(2)12-22(3,14-23)16-24(15-21,17-23)31-10-9-30-8-7-29-6-5-26-4/h11,26H,5-10,12-18H2,1-4H3. The molecule has 4 aliphatic rings. The van der Waals surface area contributed by atoms with Gasteiger partial charge in [-0.25, -0.2) is 0 Å². The summed E-state index contributed by atoms with van der Waals surface area (Å²) in [6, 6.07) is 0. The van der Waals surface area contributed by atoms with E-state index in [4.69, 9.17) is 19.3 Å². The maximum Gasteiger partial charge on any atom is 0.0708 e. The average Bonchev–Trinajstić information content (AvgIpc) is 2.95. The molecule has 1 heterocycles. The van der Waals surface area contributed by atoms with Crippen LogP contribution in [0, 0.1) is 26.7 Å². The van der Waals surface area contributed by atoms with Crippen molar-refractivity contribution >= 4 is 22.6 Å². The van der Waals surface area contributed by atoms with Crippen LogP contribution >= 0.6 is 22.6 Å². The number of rotatable bonds is 12. The average molecular weight is 546 g/mol. The largest absolute Gasteiger partial charge is 0.378 e. The fourth-order valence-electron chi connectivity index (χ4n) is 7.86. The normalized spacial score (nSPS) is 36.4. The molecular weight excluding hydrogens is 505 g/mol. The van der Waals surface area contributed by atoms with Crippen molar-refractivity contribution in [3.8, 4) is 0 Å². The van der Waals surface area contributed by atoms with Crippen molar-refractivity contribution < 1.29 is 14.2 Å². The molecule has 7 heteroatoms. The molecule has 4 aliphatic carbocycles. The third kappa shape index (κ3) is 5.31. The van der Waals surface area contributed by atoms with E-state index in [0.29, 0.717) is 42.7 Å². The summed E-state index contributed by atoms with van der Waals surface area (Å²) in [6.07, 6.45) is 9.50. The Kier molecular flexibility index (Phi) is 7.10. The van der Waals surface area contributed by atoms with Crippen molar-refractivity contribution in [3.63, 3.8) is 0 Å². The van der Waals surface area contributed by atoms with Crippen molar-refractivity contribution in [3.05, 3.63) is 15.5 Å². The Morgan fingerprint density at radius 1 is 0.968 bits per heavy atom. The molecule has 0 radical (unpaired) electrons. The topological polar surface area (TPSA) is 57.5 Å². The number of hydrogen-bond donors (Lipinski definition) is 1. The van der Waals surface area contributed by atoms with E-state index in [1.165, 1.54) is 41.4 Å². The predicted molar refractivity (Wildman–Crippen MR) is 130 cm³/mol. The summed E-state index contributed by atoms with van der Waals surface area (Å²) in [4.78, 5) is 0. The molecule has 0 amide bonds. The van der Waals surface area contributed by atoms with Gasteiger partial charge < -0.3 is 19.5 Å². The zero-order valence-corrected chi connectivity index (χ0v) is 21.9. The van der Waals surface area contributed by atoms with Gasteiger partial charge >= 0.3 is 0 Å². The lowest BCUT2D eigenvalue weighted by atomic mass is 9.39. The first-order valence-electron chi connectivity index (χ1n) is 11.8. The highest BCUT2D eigenvalue weighted by Gasteiger charge is 2.66. The minimum atomic E-state index is -0.000875. The van der Waals surface area contributed by atoms with Gasteiger partial charge in [-0.3, -0.25) is 4.68 Å². The Hall–Kier alpha value is -0.220. The lowest BCUT2D eigenvalue weighted by molar-refractivity contribution is -0.250. The molecule has 2 atom stereocenters. The minimum Gasteiger partial charge on any atom is -0.378 e. The molecule has 4 saturated carbocycles. The molecule has 6 nitrogen and oxygen atoms in total. The molecule has 176 valence electrons. The van der Waals surface area contributed by atoms with Crippen LogP contribution in [0.5, 0.6) is 0 Å². The number of halogens is 1. The Morgan fingerprint density at radius 2 is 1.61 bits per heavy atom. The van der Waals surface area contributed by atoms with E-state index >= 15 is 0 Å². The third-order valence-corrected chi connectivity index (χ3v) is 8.74. The summed E-state index contributed by atoms with van der Waals surface area (Å²) in [5.74, 6) is 0. The number of nitrogens with one attached hydrogen (secondary N) is 1. The van der Waals surface area contributed by atoms with Gasteiger partial charge in [-0.2, -0.15) is 5.10 Å². The second-order valence-electron chi connectivity index (χ2n) is 11.3. The van der Waals surface area contributed by atoms with E-state index in [1.807, 2.05) is 13.2 Å². The second-order valence-corrected chi connectivity index (χ2v) is 12.4. The minimum absolute atomic E-state index is 0.000875. The molecule has 5 rings (SSSR count). The van der Waals surface area contributed by atoms with Crippen molar-refractivity contribution in [2.45, 2.75) is 71.4 Å². The highest BCUT2D eigenvalue weighted by atomic mass is 127. The first-order valence-corrected chi connectivity index (χ1v) is 12.9. The summed E-state index contributed by atoms with van der Waals surface area (Å²) < 4.78 is 21.5. The Balaban J connectivity index is 1.36. The van der Waals surface area contributed by atoms with Crippen LogP contribution in [-0.4, -0.2) is 62.0 Å². The SMILES string of the molecule is CNCCOCCOCCOC12CC3(C)CC(C)(CC(Cn4ncc(I)c4C)(C3)C1)C2. The molecule has 1 aromatic heterocycles. The quantitative estimate of drug-likeness (QED) is 0.316. The molecule has 31 heavy (non-hydrogen) atoms.